The van der Waals surface area contributed by atoms with Crippen molar-refractivity contribution in [1.82, 2.24) is 10.6 Å². The second kappa shape index (κ2) is 7.29. The summed E-state index contributed by atoms with van der Waals surface area (Å²) in [5, 5.41) is 4.89. The SMILES string of the molecule is COc1ccccc1CCNCC(=O)NC(N)=O. The van der Waals surface area contributed by atoms with Gasteiger partial charge in [0.05, 0.1) is 13.7 Å². The minimum Gasteiger partial charge on any atom is -0.496 e. The summed E-state index contributed by atoms with van der Waals surface area (Å²) in [5.74, 6) is 0.378. The Morgan fingerprint density at radius 2 is 2.06 bits per heavy atom. The van der Waals surface area contributed by atoms with Gasteiger partial charge in [-0.15, -0.1) is 0 Å². The summed E-state index contributed by atoms with van der Waals surface area (Å²) >= 11 is 0. The number of carbonyl (C=O) groups is 2. The second-order valence-corrected chi connectivity index (χ2v) is 3.65. The lowest BCUT2D eigenvalue weighted by Gasteiger charge is -2.08. The van der Waals surface area contributed by atoms with E-state index in [0.717, 1.165) is 17.7 Å². The van der Waals surface area contributed by atoms with Gasteiger partial charge in [0.2, 0.25) is 5.91 Å². The highest BCUT2D eigenvalue weighted by molar-refractivity contribution is 5.94. The molecule has 0 aliphatic heterocycles. The highest BCUT2D eigenvalue weighted by atomic mass is 16.5. The van der Waals surface area contributed by atoms with Crippen molar-refractivity contribution in [2.45, 2.75) is 6.42 Å². The molecule has 0 saturated heterocycles. The third kappa shape index (κ3) is 4.84. The molecule has 98 valence electrons. The van der Waals surface area contributed by atoms with E-state index < -0.39 is 11.9 Å². The molecule has 1 rings (SSSR count). The number of rotatable bonds is 6. The molecule has 0 saturated carbocycles. The van der Waals surface area contributed by atoms with Gasteiger partial charge in [0.1, 0.15) is 5.75 Å². The third-order valence-electron chi connectivity index (χ3n) is 2.31. The maximum absolute atomic E-state index is 11.1. The number of methoxy groups -OCH3 is 1. The number of hydrogen-bond donors (Lipinski definition) is 3. The van der Waals surface area contributed by atoms with Gasteiger partial charge in [0.15, 0.2) is 0 Å². The van der Waals surface area contributed by atoms with E-state index >= 15 is 0 Å². The van der Waals surface area contributed by atoms with Crippen LogP contribution in [0.25, 0.3) is 0 Å². The first-order chi connectivity index (χ1) is 8.63. The van der Waals surface area contributed by atoms with Crippen molar-refractivity contribution < 1.29 is 14.3 Å². The summed E-state index contributed by atoms with van der Waals surface area (Å²) < 4.78 is 5.21. The lowest BCUT2D eigenvalue weighted by Crippen LogP contribution is -2.40. The maximum atomic E-state index is 11.1. The topological polar surface area (TPSA) is 93.4 Å². The van der Waals surface area contributed by atoms with E-state index in [1.807, 2.05) is 29.6 Å². The van der Waals surface area contributed by atoms with Crippen molar-refractivity contribution >= 4 is 11.9 Å². The Morgan fingerprint density at radius 1 is 1.33 bits per heavy atom. The Bertz CT molecular complexity index is 421. The monoisotopic (exact) mass is 251 g/mol. The van der Waals surface area contributed by atoms with Crippen molar-refractivity contribution in [1.29, 1.82) is 0 Å². The van der Waals surface area contributed by atoms with E-state index in [-0.39, 0.29) is 6.54 Å². The Morgan fingerprint density at radius 3 is 2.72 bits per heavy atom. The van der Waals surface area contributed by atoms with Gasteiger partial charge in [0.25, 0.3) is 0 Å². The third-order valence-corrected chi connectivity index (χ3v) is 2.31. The minimum absolute atomic E-state index is 0.0537. The van der Waals surface area contributed by atoms with Crippen LogP contribution < -0.4 is 21.1 Å². The van der Waals surface area contributed by atoms with Gasteiger partial charge in [-0.3, -0.25) is 10.1 Å². The number of amides is 3. The molecule has 0 heterocycles. The molecule has 0 bridgehead atoms. The molecule has 0 unspecified atom stereocenters. The molecule has 6 heteroatoms. The molecule has 0 aliphatic rings. The molecular formula is C12H17N3O3. The van der Waals surface area contributed by atoms with Crippen LogP contribution >= 0.6 is 0 Å². The molecule has 0 atom stereocenters. The van der Waals surface area contributed by atoms with Crippen LogP contribution in [-0.2, 0) is 11.2 Å². The summed E-state index contributed by atoms with van der Waals surface area (Å²) in [4.78, 5) is 21.5. The molecule has 0 aliphatic carbocycles. The van der Waals surface area contributed by atoms with Crippen LogP contribution in [-0.4, -0.2) is 32.1 Å². The summed E-state index contributed by atoms with van der Waals surface area (Å²) in [5.41, 5.74) is 5.87. The number of imide groups is 1. The molecular weight excluding hydrogens is 234 g/mol. The first-order valence-corrected chi connectivity index (χ1v) is 5.55. The van der Waals surface area contributed by atoms with Gasteiger partial charge >= 0.3 is 6.03 Å². The number of ether oxygens (including phenoxy) is 1. The number of primary amides is 1. The second-order valence-electron chi connectivity index (χ2n) is 3.65. The molecule has 0 fully saturated rings. The molecule has 0 spiro atoms. The van der Waals surface area contributed by atoms with Gasteiger partial charge in [-0.1, -0.05) is 18.2 Å². The van der Waals surface area contributed by atoms with Crippen molar-refractivity contribution in [3.63, 3.8) is 0 Å². The van der Waals surface area contributed by atoms with E-state index in [0.29, 0.717) is 6.54 Å². The highest BCUT2D eigenvalue weighted by Crippen LogP contribution is 2.16. The van der Waals surface area contributed by atoms with E-state index in [9.17, 15) is 9.59 Å². The fraction of sp³-hybridized carbons (Fsp3) is 0.333. The number of carbonyl (C=O) groups excluding carboxylic acids is 2. The van der Waals surface area contributed by atoms with Gasteiger partial charge in [-0.25, -0.2) is 4.79 Å². The lowest BCUT2D eigenvalue weighted by atomic mass is 10.1. The summed E-state index contributed by atoms with van der Waals surface area (Å²) in [6.07, 6.45) is 0.730. The highest BCUT2D eigenvalue weighted by Gasteiger charge is 2.04. The average molecular weight is 251 g/mol. The van der Waals surface area contributed by atoms with Crippen LogP contribution in [0.1, 0.15) is 5.56 Å². The van der Waals surface area contributed by atoms with Crippen LogP contribution in [0.3, 0.4) is 0 Å². The summed E-state index contributed by atoms with van der Waals surface area (Å²) in [6.45, 7) is 0.657. The standard InChI is InChI=1S/C12H17N3O3/c1-18-10-5-3-2-4-9(10)6-7-14-8-11(16)15-12(13)17/h2-5,14H,6-8H2,1H3,(H3,13,15,16,17). The first kappa shape index (κ1) is 14.0. The van der Waals surface area contributed by atoms with Crippen LogP contribution in [0, 0.1) is 0 Å². The molecule has 18 heavy (non-hydrogen) atoms. The molecule has 4 N–H and O–H groups in total. The van der Waals surface area contributed by atoms with Crippen LogP contribution in [0.4, 0.5) is 4.79 Å². The number of benzene rings is 1. The number of nitrogens with one attached hydrogen (secondary N) is 2. The maximum Gasteiger partial charge on any atom is 0.318 e. The van der Waals surface area contributed by atoms with Gasteiger partial charge in [-0.05, 0) is 24.6 Å². The molecule has 0 aromatic heterocycles. The first-order valence-electron chi connectivity index (χ1n) is 5.55. The summed E-state index contributed by atoms with van der Waals surface area (Å²) in [7, 11) is 1.62. The number of nitrogens with two attached hydrogens (primary N) is 1. The smallest absolute Gasteiger partial charge is 0.318 e. The Balaban J connectivity index is 2.29. The largest absolute Gasteiger partial charge is 0.496 e. The lowest BCUT2D eigenvalue weighted by molar-refractivity contribution is -0.119. The Hall–Kier alpha value is -2.08. The predicted molar refractivity (Wildman–Crippen MR) is 67.3 cm³/mol. The molecule has 0 radical (unpaired) electrons. The molecule has 6 nitrogen and oxygen atoms in total. The normalized spacial score (nSPS) is 9.83. The number of para-hydroxylation sites is 1. The van der Waals surface area contributed by atoms with Crippen molar-refractivity contribution in [3.8, 4) is 5.75 Å². The van der Waals surface area contributed by atoms with Gasteiger partial charge < -0.3 is 15.8 Å². The van der Waals surface area contributed by atoms with Crippen molar-refractivity contribution in [2.75, 3.05) is 20.2 Å². The fourth-order valence-corrected chi connectivity index (χ4v) is 1.52. The van der Waals surface area contributed by atoms with Gasteiger partial charge in [-0.2, -0.15) is 0 Å². The van der Waals surface area contributed by atoms with E-state index in [2.05, 4.69) is 5.32 Å². The fourth-order valence-electron chi connectivity index (χ4n) is 1.52. The molecule has 1 aromatic carbocycles. The van der Waals surface area contributed by atoms with Crippen LogP contribution in [0.2, 0.25) is 0 Å². The quantitative estimate of drug-likeness (QED) is 0.621. The van der Waals surface area contributed by atoms with Crippen LogP contribution in [0.5, 0.6) is 5.75 Å². The van der Waals surface area contributed by atoms with E-state index in [1.54, 1.807) is 7.11 Å². The zero-order valence-electron chi connectivity index (χ0n) is 10.2. The van der Waals surface area contributed by atoms with E-state index in [4.69, 9.17) is 10.5 Å². The van der Waals surface area contributed by atoms with Gasteiger partial charge in [0, 0.05) is 0 Å². The van der Waals surface area contributed by atoms with Crippen LogP contribution in [0.15, 0.2) is 24.3 Å². The molecule has 3 amide bonds. The van der Waals surface area contributed by atoms with E-state index in [1.165, 1.54) is 0 Å². The zero-order chi connectivity index (χ0) is 13.4. The number of urea groups is 1. The Kier molecular flexibility index (Phi) is 5.66. The molecule has 1 aromatic rings. The minimum atomic E-state index is -0.841. The number of hydrogen-bond acceptors (Lipinski definition) is 4. The van der Waals surface area contributed by atoms with Crippen molar-refractivity contribution in [2.24, 2.45) is 5.73 Å². The zero-order valence-corrected chi connectivity index (χ0v) is 10.2. The average Bonchev–Trinajstić information content (AvgIpc) is 2.34. The van der Waals surface area contributed by atoms with Crippen molar-refractivity contribution in [3.05, 3.63) is 29.8 Å². The predicted octanol–water partition coefficient (Wildman–Crippen LogP) is 0.0222. The Labute approximate surface area is 105 Å². The summed E-state index contributed by atoms with van der Waals surface area (Å²) in [6, 6.07) is 6.83.